The maximum atomic E-state index is 12.5. The summed E-state index contributed by atoms with van der Waals surface area (Å²) in [5.41, 5.74) is 2.27. The molecule has 0 aliphatic carbocycles. The highest BCUT2D eigenvalue weighted by molar-refractivity contribution is 7.98. The van der Waals surface area contributed by atoms with Gasteiger partial charge in [-0.2, -0.15) is 0 Å². The van der Waals surface area contributed by atoms with Crippen LogP contribution in [0.15, 0.2) is 62.6 Å². The van der Waals surface area contributed by atoms with Crippen molar-refractivity contribution in [1.82, 2.24) is 0 Å². The van der Waals surface area contributed by atoms with Crippen LogP contribution in [-0.2, 0) is 15.3 Å². The van der Waals surface area contributed by atoms with E-state index in [4.69, 9.17) is 9.15 Å². The molecule has 0 spiro atoms. The lowest BCUT2D eigenvalue weighted by Gasteiger charge is -2.17. The van der Waals surface area contributed by atoms with Crippen LogP contribution in [0.3, 0.4) is 0 Å². The number of hydrogen-bond acceptors (Lipinski definition) is 7. The second kappa shape index (κ2) is 9.75. The first-order chi connectivity index (χ1) is 14.8. The highest BCUT2D eigenvalue weighted by atomic mass is 32.2. The third kappa shape index (κ3) is 5.49. The predicted molar refractivity (Wildman–Crippen MR) is 119 cm³/mol. The molecule has 0 amide bonds. The summed E-state index contributed by atoms with van der Waals surface area (Å²) in [6, 6.07) is 13.6. The van der Waals surface area contributed by atoms with Crippen LogP contribution < -0.4 is 5.43 Å². The standard InChI is InChI=1S/C24H24O6S/c1-14-4-5-15(2)21(10-14)31-13-18-11-20(26)23(28)24(30-18)19(12-22(27)29-3)16-6-8-17(25)9-7-16/h4-11,19,25,28H,12-13H2,1-3H3/t19-/m0/s1. The van der Waals surface area contributed by atoms with E-state index in [9.17, 15) is 19.8 Å². The Bertz CT molecular complexity index is 1130. The van der Waals surface area contributed by atoms with E-state index in [1.807, 2.05) is 26.0 Å². The number of rotatable bonds is 7. The monoisotopic (exact) mass is 440 g/mol. The number of hydrogen-bond donors (Lipinski definition) is 2. The summed E-state index contributed by atoms with van der Waals surface area (Å²) < 4.78 is 10.7. The summed E-state index contributed by atoms with van der Waals surface area (Å²) in [5, 5.41) is 20.0. The van der Waals surface area contributed by atoms with Gasteiger partial charge in [-0.15, -0.1) is 11.8 Å². The number of aromatic hydroxyl groups is 2. The van der Waals surface area contributed by atoms with Crippen LogP contribution in [0.4, 0.5) is 0 Å². The molecule has 1 heterocycles. The Hall–Kier alpha value is -3.19. The predicted octanol–water partition coefficient (Wildman–Crippen LogP) is 4.66. The Morgan fingerprint density at radius 1 is 1.10 bits per heavy atom. The summed E-state index contributed by atoms with van der Waals surface area (Å²) in [6.07, 6.45) is -0.134. The van der Waals surface area contributed by atoms with Gasteiger partial charge in [-0.05, 0) is 43.2 Å². The Labute approximate surface area is 184 Å². The fraction of sp³-hybridized carbons (Fsp3) is 0.250. The second-order valence-corrected chi connectivity index (χ2v) is 8.29. The third-order valence-electron chi connectivity index (χ3n) is 4.92. The van der Waals surface area contributed by atoms with Gasteiger partial charge in [0.25, 0.3) is 0 Å². The van der Waals surface area contributed by atoms with E-state index in [0.717, 1.165) is 16.0 Å². The van der Waals surface area contributed by atoms with Gasteiger partial charge in [-0.1, -0.05) is 29.8 Å². The largest absolute Gasteiger partial charge is 0.508 e. The number of esters is 1. The Morgan fingerprint density at radius 2 is 1.81 bits per heavy atom. The molecule has 0 bridgehead atoms. The summed E-state index contributed by atoms with van der Waals surface area (Å²) >= 11 is 1.53. The van der Waals surface area contributed by atoms with Gasteiger partial charge < -0.3 is 19.4 Å². The molecular weight excluding hydrogens is 416 g/mol. The normalized spacial score (nSPS) is 11.8. The molecule has 0 saturated heterocycles. The Morgan fingerprint density at radius 3 is 2.48 bits per heavy atom. The summed E-state index contributed by atoms with van der Waals surface area (Å²) in [6.45, 7) is 4.02. The minimum Gasteiger partial charge on any atom is -0.508 e. The number of methoxy groups -OCH3 is 1. The number of thioether (sulfide) groups is 1. The number of phenols is 1. The van der Waals surface area contributed by atoms with Gasteiger partial charge in [0.15, 0.2) is 5.76 Å². The highest BCUT2D eigenvalue weighted by Crippen LogP contribution is 2.35. The maximum Gasteiger partial charge on any atom is 0.306 e. The van der Waals surface area contributed by atoms with Crippen LogP contribution >= 0.6 is 11.8 Å². The van der Waals surface area contributed by atoms with Gasteiger partial charge in [-0.25, -0.2) is 0 Å². The SMILES string of the molecule is COC(=O)C[C@@H](c1ccc(O)cc1)c1oc(CSc2cc(C)ccc2C)cc(=O)c1O. The molecule has 0 fully saturated rings. The van der Waals surface area contributed by atoms with E-state index >= 15 is 0 Å². The Kier molecular flexibility index (Phi) is 7.07. The molecule has 0 unspecified atom stereocenters. The Balaban J connectivity index is 1.98. The number of benzene rings is 2. The molecule has 0 radical (unpaired) electrons. The van der Waals surface area contributed by atoms with Crippen LogP contribution in [0.2, 0.25) is 0 Å². The molecule has 0 aliphatic rings. The first kappa shape index (κ1) is 22.5. The first-order valence-corrected chi connectivity index (χ1v) is 10.7. The molecule has 3 rings (SSSR count). The zero-order valence-corrected chi connectivity index (χ0v) is 18.4. The molecule has 1 aromatic heterocycles. The molecule has 31 heavy (non-hydrogen) atoms. The summed E-state index contributed by atoms with van der Waals surface area (Å²) in [4.78, 5) is 25.6. The van der Waals surface area contributed by atoms with E-state index in [1.54, 1.807) is 12.1 Å². The lowest BCUT2D eigenvalue weighted by atomic mass is 9.92. The zero-order valence-electron chi connectivity index (χ0n) is 17.5. The van der Waals surface area contributed by atoms with E-state index < -0.39 is 23.1 Å². The first-order valence-electron chi connectivity index (χ1n) is 9.70. The fourth-order valence-corrected chi connectivity index (χ4v) is 4.20. The molecule has 6 nitrogen and oxygen atoms in total. The van der Waals surface area contributed by atoms with Gasteiger partial charge in [0, 0.05) is 11.0 Å². The average Bonchev–Trinajstić information content (AvgIpc) is 2.75. The lowest BCUT2D eigenvalue weighted by molar-refractivity contribution is -0.140. The lowest BCUT2D eigenvalue weighted by Crippen LogP contribution is -2.14. The molecule has 0 aliphatic heterocycles. The topological polar surface area (TPSA) is 97.0 Å². The molecule has 2 aromatic carbocycles. The van der Waals surface area contributed by atoms with Crippen LogP contribution in [-0.4, -0.2) is 23.3 Å². The number of aryl methyl sites for hydroxylation is 2. The molecular formula is C24H24O6S. The van der Waals surface area contributed by atoms with Crippen molar-refractivity contribution in [3.63, 3.8) is 0 Å². The number of phenolic OH excluding ortho intramolecular Hbond substituents is 1. The smallest absolute Gasteiger partial charge is 0.306 e. The average molecular weight is 441 g/mol. The van der Waals surface area contributed by atoms with Crippen molar-refractivity contribution in [1.29, 1.82) is 0 Å². The molecule has 7 heteroatoms. The number of ether oxygens (including phenoxy) is 1. The van der Waals surface area contributed by atoms with Crippen molar-refractivity contribution < 1.29 is 24.2 Å². The van der Waals surface area contributed by atoms with Gasteiger partial charge in [0.05, 0.1) is 25.2 Å². The molecule has 0 saturated carbocycles. The quantitative estimate of drug-likeness (QED) is 0.407. The number of carbonyl (C=O) groups excluding carboxylic acids is 1. The summed E-state index contributed by atoms with van der Waals surface area (Å²) in [7, 11) is 1.27. The van der Waals surface area contributed by atoms with Gasteiger partial charge in [0.2, 0.25) is 11.2 Å². The zero-order chi connectivity index (χ0) is 22.5. The maximum absolute atomic E-state index is 12.5. The van der Waals surface area contributed by atoms with Crippen LogP contribution in [0.5, 0.6) is 11.5 Å². The van der Waals surface area contributed by atoms with E-state index in [1.165, 1.54) is 37.1 Å². The van der Waals surface area contributed by atoms with E-state index in [0.29, 0.717) is 17.1 Å². The van der Waals surface area contributed by atoms with Gasteiger partial charge in [-0.3, -0.25) is 9.59 Å². The van der Waals surface area contributed by atoms with Crippen molar-refractivity contribution >= 4 is 17.7 Å². The van der Waals surface area contributed by atoms with Crippen molar-refractivity contribution in [2.45, 2.75) is 36.8 Å². The minimum absolute atomic E-state index is 0.000143. The fourth-order valence-electron chi connectivity index (χ4n) is 3.19. The van der Waals surface area contributed by atoms with Gasteiger partial charge >= 0.3 is 5.97 Å². The van der Waals surface area contributed by atoms with Crippen molar-refractivity contribution in [3.05, 3.63) is 87.0 Å². The third-order valence-corrected chi connectivity index (χ3v) is 6.10. The minimum atomic E-state index is -0.744. The van der Waals surface area contributed by atoms with E-state index in [2.05, 4.69) is 6.07 Å². The molecule has 2 N–H and O–H groups in total. The van der Waals surface area contributed by atoms with Crippen molar-refractivity contribution in [2.24, 2.45) is 0 Å². The van der Waals surface area contributed by atoms with Crippen molar-refractivity contribution in [3.8, 4) is 11.5 Å². The van der Waals surface area contributed by atoms with Crippen LogP contribution in [0.1, 0.15) is 40.5 Å². The van der Waals surface area contributed by atoms with E-state index in [-0.39, 0.29) is 17.9 Å². The molecule has 3 aromatic rings. The van der Waals surface area contributed by atoms with Crippen LogP contribution in [0.25, 0.3) is 0 Å². The van der Waals surface area contributed by atoms with Gasteiger partial charge in [0.1, 0.15) is 11.5 Å². The summed E-state index contributed by atoms with van der Waals surface area (Å²) in [5.74, 6) is -0.973. The highest BCUT2D eigenvalue weighted by Gasteiger charge is 2.26. The van der Waals surface area contributed by atoms with Crippen LogP contribution in [0, 0.1) is 13.8 Å². The number of carbonyl (C=O) groups is 1. The molecule has 162 valence electrons. The van der Waals surface area contributed by atoms with Crippen molar-refractivity contribution in [2.75, 3.05) is 7.11 Å². The second-order valence-electron chi connectivity index (χ2n) is 7.27. The molecule has 1 atom stereocenters.